The minimum Gasteiger partial charge on any atom is -0.371 e. The molecule has 3 rings (SSSR count). The van der Waals surface area contributed by atoms with Crippen molar-refractivity contribution in [2.45, 2.75) is 25.3 Å². The van der Waals surface area contributed by atoms with Gasteiger partial charge in [-0.05, 0) is 72.5 Å². The van der Waals surface area contributed by atoms with Gasteiger partial charge in [-0.15, -0.1) is 0 Å². The molecule has 1 aromatic carbocycles. The van der Waals surface area contributed by atoms with E-state index in [9.17, 15) is 0 Å². The van der Waals surface area contributed by atoms with Crippen LogP contribution in [0.5, 0.6) is 0 Å². The van der Waals surface area contributed by atoms with Crippen LogP contribution in [0.25, 0.3) is 0 Å². The summed E-state index contributed by atoms with van der Waals surface area (Å²) < 4.78 is 1.33. The highest BCUT2D eigenvalue weighted by molar-refractivity contribution is 14.1. The highest BCUT2D eigenvalue weighted by Crippen LogP contribution is 2.26. The van der Waals surface area contributed by atoms with Gasteiger partial charge < -0.3 is 10.2 Å². The van der Waals surface area contributed by atoms with Gasteiger partial charge >= 0.3 is 0 Å². The molecule has 2 fully saturated rings. The Kier molecular flexibility index (Phi) is 3.56. The first-order chi connectivity index (χ1) is 8.31. The fraction of sp³-hybridized carbons (Fsp3) is 0.571. The lowest BCUT2D eigenvalue weighted by atomic mass is 10.1. The second-order valence-corrected chi connectivity index (χ2v) is 6.51. The third-order valence-corrected chi connectivity index (χ3v) is 4.40. The lowest BCUT2D eigenvalue weighted by molar-refractivity contribution is 0.515. The average Bonchev–Trinajstić information content (AvgIpc) is 3.04. The van der Waals surface area contributed by atoms with Gasteiger partial charge in [0.1, 0.15) is 0 Å². The number of rotatable bonds is 4. The first-order valence-corrected chi connectivity index (χ1v) is 7.63. The molecule has 1 saturated heterocycles. The standard InChI is InChI=1S/C14H19IN2/c15-12-2-1-3-14(8-12)17-7-6-11(10-17)9-16-13-4-5-13/h1-3,8,11,13,16H,4-7,9-10H2. The molecule has 1 aliphatic heterocycles. The van der Waals surface area contributed by atoms with E-state index in [-0.39, 0.29) is 0 Å². The Labute approximate surface area is 117 Å². The van der Waals surface area contributed by atoms with Crippen molar-refractivity contribution in [1.82, 2.24) is 5.32 Å². The fourth-order valence-corrected chi connectivity index (χ4v) is 3.05. The Hall–Kier alpha value is -0.290. The van der Waals surface area contributed by atoms with Gasteiger partial charge in [-0.3, -0.25) is 0 Å². The summed E-state index contributed by atoms with van der Waals surface area (Å²) in [7, 11) is 0. The predicted molar refractivity (Wildman–Crippen MR) is 80.5 cm³/mol. The number of benzene rings is 1. The summed E-state index contributed by atoms with van der Waals surface area (Å²) in [5, 5.41) is 3.65. The number of hydrogen-bond acceptors (Lipinski definition) is 2. The Morgan fingerprint density at radius 1 is 1.29 bits per heavy atom. The maximum absolute atomic E-state index is 3.65. The monoisotopic (exact) mass is 342 g/mol. The summed E-state index contributed by atoms with van der Waals surface area (Å²) in [5.74, 6) is 0.841. The average molecular weight is 342 g/mol. The molecule has 0 spiro atoms. The lowest BCUT2D eigenvalue weighted by Gasteiger charge is -2.19. The molecule has 1 unspecified atom stereocenters. The van der Waals surface area contributed by atoms with Crippen LogP contribution in [0.4, 0.5) is 5.69 Å². The molecular formula is C14H19IN2. The van der Waals surface area contributed by atoms with E-state index in [0.29, 0.717) is 0 Å². The van der Waals surface area contributed by atoms with E-state index in [1.54, 1.807) is 0 Å². The van der Waals surface area contributed by atoms with Gasteiger partial charge in [0.05, 0.1) is 0 Å². The van der Waals surface area contributed by atoms with Crippen molar-refractivity contribution in [2.75, 3.05) is 24.5 Å². The largest absolute Gasteiger partial charge is 0.371 e. The molecule has 2 nitrogen and oxygen atoms in total. The number of nitrogens with one attached hydrogen (secondary N) is 1. The Morgan fingerprint density at radius 3 is 2.94 bits per heavy atom. The van der Waals surface area contributed by atoms with Crippen LogP contribution in [0.2, 0.25) is 0 Å². The molecule has 92 valence electrons. The SMILES string of the molecule is Ic1cccc(N2CCC(CNC3CC3)C2)c1. The summed E-state index contributed by atoms with van der Waals surface area (Å²) in [6, 6.07) is 9.69. The second-order valence-electron chi connectivity index (χ2n) is 5.26. The number of anilines is 1. The van der Waals surface area contributed by atoms with E-state index in [1.165, 1.54) is 48.2 Å². The van der Waals surface area contributed by atoms with Gasteiger partial charge in [0.15, 0.2) is 0 Å². The molecule has 0 aromatic heterocycles. The van der Waals surface area contributed by atoms with Crippen molar-refractivity contribution in [3.63, 3.8) is 0 Å². The normalized spacial score (nSPS) is 24.3. The molecule has 0 bridgehead atoms. The molecule has 1 atom stereocenters. The van der Waals surface area contributed by atoms with E-state index in [4.69, 9.17) is 0 Å². The van der Waals surface area contributed by atoms with Crippen LogP contribution in [0.3, 0.4) is 0 Å². The quantitative estimate of drug-likeness (QED) is 0.847. The maximum atomic E-state index is 3.65. The third kappa shape index (κ3) is 3.13. The van der Waals surface area contributed by atoms with Crippen LogP contribution in [-0.2, 0) is 0 Å². The molecule has 0 radical (unpaired) electrons. The van der Waals surface area contributed by atoms with Gasteiger partial charge in [0.2, 0.25) is 0 Å². The van der Waals surface area contributed by atoms with Crippen molar-refractivity contribution in [1.29, 1.82) is 0 Å². The predicted octanol–water partition coefficient (Wildman–Crippen LogP) is 2.87. The summed E-state index contributed by atoms with van der Waals surface area (Å²) in [5.41, 5.74) is 1.39. The smallest absolute Gasteiger partial charge is 0.0376 e. The molecule has 1 saturated carbocycles. The number of hydrogen-bond donors (Lipinski definition) is 1. The van der Waals surface area contributed by atoms with Gasteiger partial charge in [-0.1, -0.05) is 6.07 Å². The molecule has 1 aliphatic carbocycles. The van der Waals surface area contributed by atoms with Crippen LogP contribution in [0, 0.1) is 9.49 Å². The van der Waals surface area contributed by atoms with Crippen molar-refractivity contribution < 1.29 is 0 Å². The van der Waals surface area contributed by atoms with Crippen LogP contribution >= 0.6 is 22.6 Å². The van der Waals surface area contributed by atoms with Crippen LogP contribution in [0.15, 0.2) is 24.3 Å². The summed E-state index contributed by atoms with van der Waals surface area (Å²) >= 11 is 2.39. The van der Waals surface area contributed by atoms with Crippen molar-refractivity contribution in [3.05, 3.63) is 27.8 Å². The summed E-state index contributed by atoms with van der Waals surface area (Å²) in [4.78, 5) is 2.53. The van der Waals surface area contributed by atoms with E-state index in [0.717, 1.165) is 12.0 Å². The first kappa shape index (κ1) is 11.8. The van der Waals surface area contributed by atoms with Gasteiger partial charge in [0, 0.05) is 28.4 Å². The third-order valence-electron chi connectivity index (χ3n) is 3.73. The minimum atomic E-state index is 0.841. The number of halogens is 1. The van der Waals surface area contributed by atoms with Crippen LogP contribution in [0.1, 0.15) is 19.3 Å². The zero-order valence-corrected chi connectivity index (χ0v) is 12.2. The van der Waals surface area contributed by atoms with E-state index < -0.39 is 0 Å². The molecule has 2 aliphatic rings. The van der Waals surface area contributed by atoms with E-state index in [2.05, 4.69) is 57.1 Å². The molecule has 1 N–H and O–H groups in total. The molecule has 1 aromatic rings. The first-order valence-electron chi connectivity index (χ1n) is 6.55. The minimum absolute atomic E-state index is 0.841. The van der Waals surface area contributed by atoms with Crippen LogP contribution < -0.4 is 10.2 Å². The highest BCUT2D eigenvalue weighted by Gasteiger charge is 2.26. The topological polar surface area (TPSA) is 15.3 Å². The van der Waals surface area contributed by atoms with Crippen molar-refractivity contribution >= 4 is 28.3 Å². The Balaban J connectivity index is 1.55. The van der Waals surface area contributed by atoms with Gasteiger partial charge in [-0.25, -0.2) is 0 Å². The zero-order valence-electron chi connectivity index (χ0n) is 10.0. The lowest BCUT2D eigenvalue weighted by Crippen LogP contribution is -2.27. The van der Waals surface area contributed by atoms with Gasteiger partial charge in [-0.2, -0.15) is 0 Å². The molecule has 0 amide bonds. The molecule has 1 heterocycles. The van der Waals surface area contributed by atoms with E-state index >= 15 is 0 Å². The Bertz CT molecular complexity index is 390. The zero-order chi connectivity index (χ0) is 11.7. The maximum Gasteiger partial charge on any atom is 0.0376 e. The Morgan fingerprint density at radius 2 is 2.18 bits per heavy atom. The highest BCUT2D eigenvalue weighted by atomic mass is 127. The van der Waals surface area contributed by atoms with Crippen LogP contribution in [-0.4, -0.2) is 25.7 Å². The van der Waals surface area contributed by atoms with Crippen molar-refractivity contribution in [2.24, 2.45) is 5.92 Å². The fourth-order valence-electron chi connectivity index (χ4n) is 2.53. The summed E-state index contributed by atoms with van der Waals surface area (Å²) in [6.07, 6.45) is 4.13. The van der Waals surface area contributed by atoms with Crippen molar-refractivity contribution in [3.8, 4) is 0 Å². The summed E-state index contributed by atoms with van der Waals surface area (Å²) in [6.45, 7) is 3.65. The second kappa shape index (κ2) is 5.14. The number of nitrogens with zero attached hydrogens (tertiary/aromatic N) is 1. The molecule has 3 heteroatoms. The van der Waals surface area contributed by atoms with Gasteiger partial charge in [0.25, 0.3) is 0 Å². The van der Waals surface area contributed by atoms with E-state index in [1.807, 2.05) is 0 Å². The molecule has 17 heavy (non-hydrogen) atoms. The molecular weight excluding hydrogens is 323 g/mol.